The maximum atomic E-state index is 12.9. The summed E-state index contributed by atoms with van der Waals surface area (Å²) in [6.07, 6.45) is 8.57. The number of fused-ring (bicyclic) bond motifs is 2. The van der Waals surface area contributed by atoms with E-state index in [1.807, 2.05) is 43.5 Å². The van der Waals surface area contributed by atoms with E-state index in [0.717, 1.165) is 23.6 Å². The maximum Gasteiger partial charge on any atom is 0.240 e. The molecular weight excluding hydrogens is 448 g/mol. The van der Waals surface area contributed by atoms with Gasteiger partial charge in [-0.2, -0.15) is 5.10 Å². The van der Waals surface area contributed by atoms with Crippen molar-refractivity contribution in [3.05, 3.63) is 72.6 Å². The van der Waals surface area contributed by atoms with Crippen molar-refractivity contribution in [2.75, 3.05) is 5.32 Å². The highest BCUT2D eigenvalue weighted by Gasteiger charge is 2.42. The van der Waals surface area contributed by atoms with E-state index >= 15 is 0 Å². The second-order valence-electron chi connectivity index (χ2n) is 9.63. The highest BCUT2D eigenvalue weighted by molar-refractivity contribution is 7.89. The van der Waals surface area contributed by atoms with Crippen LogP contribution in [-0.4, -0.2) is 30.1 Å². The van der Waals surface area contributed by atoms with Gasteiger partial charge in [-0.25, -0.2) is 17.8 Å². The zero-order valence-corrected chi connectivity index (χ0v) is 20.0. The van der Waals surface area contributed by atoms with Crippen LogP contribution in [0.15, 0.2) is 71.9 Å². The fraction of sp³-hybridized carbons (Fsp3) is 0.385. The highest BCUT2D eigenvalue weighted by Crippen LogP contribution is 2.49. The number of carbonyl (C=O) groups is 1. The van der Waals surface area contributed by atoms with Gasteiger partial charge >= 0.3 is 0 Å². The molecule has 1 amide bonds. The van der Waals surface area contributed by atoms with Gasteiger partial charge in [0.15, 0.2) is 0 Å². The first-order valence-electron chi connectivity index (χ1n) is 11.9. The van der Waals surface area contributed by atoms with Crippen LogP contribution in [0, 0.1) is 17.8 Å². The molecule has 2 fully saturated rings. The first kappa shape index (κ1) is 22.8. The van der Waals surface area contributed by atoms with Gasteiger partial charge in [0, 0.05) is 17.9 Å². The molecule has 4 atom stereocenters. The van der Waals surface area contributed by atoms with Crippen molar-refractivity contribution < 1.29 is 13.2 Å². The van der Waals surface area contributed by atoms with Crippen molar-refractivity contribution in [1.82, 2.24) is 14.5 Å². The van der Waals surface area contributed by atoms with Gasteiger partial charge in [-0.15, -0.1) is 0 Å². The lowest BCUT2D eigenvalue weighted by Gasteiger charge is -2.28. The van der Waals surface area contributed by atoms with Crippen molar-refractivity contribution in [2.45, 2.75) is 50.0 Å². The minimum absolute atomic E-state index is 0.0727. The third-order valence-electron chi connectivity index (χ3n) is 7.25. The number of amides is 1. The molecule has 1 heterocycles. The number of hydrogen-bond acceptors (Lipinski definition) is 4. The van der Waals surface area contributed by atoms with E-state index in [9.17, 15) is 13.2 Å². The molecule has 7 nitrogen and oxygen atoms in total. The van der Waals surface area contributed by atoms with E-state index in [0.29, 0.717) is 17.5 Å². The van der Waals surface area contributed by atoms with E-state index < -0.39 is 10.0 Å². The first-order chi connectivity index (χ1) is 16.4. The minimum Gasteiger partial charge on any atom is -0.326 e. The summed E-state index contributed by atoms with van der Waals surface area (Å²) < 4.78 is 30.4. The SMILES string of the molecule is CC(NS(=O)(=O)c1ccc(NC(=O)Cc2cnn(-c3ccccc3)c2)cc1)C1CC2CCC1C2. The number of aromatic nitrogens is 2. The average Bonchev–Trinajstić information content (AvgIpc) is 3.57. The van der Waals surface area contributed by atoms with Crippen LogP contribution in [0.25, 0.3) is 5.69 Å². The Bertz CT molecular complexity index is 1250. The molecule has 3 aromatic rings. The number of sulfonamides is 1. The molecule has 0 spiro atoms. The van der Waals surface area contributed by atoms with Crippen LogP contribution in [0.4, 0.5) is 5.69 Å². The molecule has 8 heteroatoms. The van der Waals surface area contributed by atoms with E-state index in [1.54, 1.807) is 35.1 Å². The zero-order chi connectivity index (χ0) is 23.7. The predicted molar refractivity (Wildman–Crippen MR) is 131 cm³/mol. The van der Waals surface area contributed by atoms with E-state index in [-0.39, 0.29) is 23.3 Å². The molecule has 178 valence electrons. The average molecular weight is 479 g/mol. The van der Waals surface area contributed by atoms with Gasteiger partial charge in [0.1, 0.15) is 0 Å². The molecule has 0 aliphatic heterocycles. The molecule has 34 heavy (non-hydrogen) atoms. The number of anilines is 1. The zero-order valence-electron chi connectivity index (χ0n) is 19.2. The molecule has 0 radical (unpaired) electrons. The van der Waals surface area contributed by atoms with Crippen molar-refractivity contribution in [3.63, 3.8) is 0 Å². The normalized spacial score (nSPS) is 22.6. The molecule has 2 aliphatic rings. The van der Waals surface area contributed by atoms with Gasteiger partial charge in [0.2, 0.25) is 15.9 Å². The Hall–Kier alpha value is -2.97. The highest BCUT2D eigenvalue weighted by atomic mass is 32.2. The summed E-state index contributed by atoms with van der Waals surface area (Å²) in [7, 11) is -3.60. The van der Waals surface area contributed by atoms with E-state index in [2.05, 4.69) is 15.1 Å². The molecule has 5 rings (SSSR count). The molecule has 2 saturated carbocycles. The predicted octanol–water partition coefficient (Wildman–Crippen LogP) is 4.16. The second-order valence-corrected chi connectivity index (χ2v) is 11.3. The first-order valence-corrected chi connectivity index (χ1v) is 13.4. The molecule has 1 aromatic heterocycles. The number of para-hydroxylation sites is 1. The van der Waals surface area contributed by atoms with Crippen LogP contribution in [0.2, 0.25) is 0 Å². The van der Waals surface area contributed by atoms with Gasteiger partial charge in [-0.1, -0.05) is 24.6 Å². The lowest BCUT2D eigenvalue weighted by Crippen LogP contribution is -2.40. The van der Waals surface area contributed by atoms with E-state index in [1.165, 1.54) is 19.3 Å². The second kappa shape index (κ2) is 9.35. The van der Waals surface area contributed by atoms with Crippen LogP contribution in [0.3, 0.4) is 0 Å². The fourth-order valence-electron chi connectivity index (χ4n) is 5.59. The standard InChI is InChI=1S/C26H30N4O3S/c1-18(25-14-19-7-8-21(25)13-19)29-34(32,33)24-11-9-22(10-12-24)28-26(31)15-20-16-27-30(17-20)23-5-3-2-4-6-23/h2-6,9-12,16-19,21,25,29H,7-8,13-15H2,1H3,(H,28,31). The quantitative estimate of drug-likeness (QED) is 0.509. The summed E-state index contributed by atoms with van der Waals surface area (Å²) in [6, 6.07) is 16.0. The molecule has 2 aliphatic carbocycles. The maximum absolute atomic E-state index is 12.9. The Kier molecular flexibility index (Phi) is 6.27. The largest absolute Gasteiger partial charge is 0.326 e. The number of rotatable bonds is 8. The van der Waals surface area contributed by atoms with Crippen LogP contribution in [0.5, 0.6) is 0 Å². The fourth-order valence-corrected chi connectivity index (χ4v) is 6.88. The lowest BCUT2D eigenvalue weighted by molar-refractivity contribution is -0.115. The molecular formula is C26H30N4O3S. The topological polar surface area (TPSA) is 93.1 Å². The Morgan fingerprint density at radius 2 is 1.85 bits per heavy atom. The monoisotopic (exact) mass is 478 g/mol. The summed E-state index contributed by atoms with van der Waals surface area (Å²) in [4.78, 5) is 12.7. The van der Waals surface area contributed by atoms with Crippen molar-refractivity contribution in [2.24, 2.45) is 17.8 Å². The smallest absolute Gasteiger partial charge is 0.240 e. The summed E-state index contributed by atoms with van der Waals surface area (Å²) in [5.41, 5.74) is 2.27. The number of hydrogen-bond donors (Lipinski definition) is 2. The van der Waals surface area contributed by atoms with Crippen molar-refractivity contribution in [3.8, 4) is 5.69 Å². The van der Waals surface area contributed by atoms with Crippen LogP contribution < -0.4 is 10.0 Å². The third-order valence-corrected chi connectivity index (χ3v) is 8.82. The van der Waals surface area contributed by atoms with Crippen LogP contribution in [-0.2, 0) is 21.2 Å². The van der Waals surface area contributed by atoms with Gasteiger partial charge in [-0.3, -0.25) is 4.79 Å². The summed E-state index contributed by atoms with van der Waals surface area (Å²) in [5, 5.41) is 7.14. The molecule has 2 aromatic carbocycles. The van der Waals surface area contributed by atoms with Crippen LogP contribution in [0.1, 0.15) is 38.2 Å². The lowest BCUT2D eigenvalue weighted by atomic mass is 9.84. The number of nitrogens with one attached hydrogen (secondary N) is 2. The molecule has 4 unspecified atom stereocenters. The van der Waals surface area contributed by atoms with Gasteiger partial charge in [0.05, 0.1) is 23.2 Å². The molecule has 2 bridgehead atoms. The van der Waals surface area contributed by atoms with Crippen molar-refractivity contribution in [1.29, 1.82) is 0 Å². The Morgan fingerprint density at radius 1 is 1.09 bits per heavy atom. The van der Waals surface area contributed by atoms with Crippen LogP contribution >= 0.6 is 0 Å². The summed E-state index contributed by atoms with van der Waals surface area (Å²) in [5.74, 6) is 1.67. The third kappa shape index (κ3) is 4.93. The Balaban J connectivity index is 1.17. The summed E-state index contributed by atoms with van der Waals surface area (Å²) in [6.45, 7) is 1.98. The number of nitrogens with zero attached hydrogens (tertiary/aromatic N) is 2. The van der Waals surface area contributed by atoms with E-state index in [4.69, 9.17) is 0 Å². The number of benzene rings is 2. The van der Waals surface area contributed by atoms with Gasteiger partial charge < -0.3 is 5.32 Å². The minimum atomic E-state index is -3.60. The summed E-state index contributed by atoms with van der Waals surface area (Å²) >= 11 is 0. The molecule has 0 saturated heterocycles. The van der Waals surface area contributed by atoms with Gasteiger partial charge in [-0.05, 0) is 85.9 Å². The van der Waals surface area contributed by atoms with Gasteiger partial charge in [0.25, 0.3) is 0 Å². The molecule has 2 N–H and O–H groups in total. The number of carbonyl (C=O) groups excluding carboxylic acids is 1. The Morgan fingerprint density at radius 3 is 2.53 bits per heavy atom. The van der Waals surface area contributed by atoms with Crippen molar-refractivity contribution >= 4 is 21.6 Å². The Labute approximate surface area is 200 Å².